The maximum absolute atomic E-state index is 5.56. The van der Waals surface area contributed by atoms with Crippen LogP contribution < -0.4 is 5.73 Å². The SMILES string of the molecule is CC1OCCC1SCc1cc(C#CCN)cs1. The maximum Gasteiger partial charge on any atom is 0.0666 e. The minimum absolute atomic E-state index is 0.400. The van der Waals surface area contributed by atoms with E-state index in [2.05, 4.69) is 30.2 Å². The number of hydrogen-bond acceptors (Lipinski definition) is 4. The minimum atomic E-state index is 0.400. The van der Waals surface area contributed by atoms with E-state index in [4.69, 9.17) is 10.5 Å². The van der Waals surface area contributed by atoms with Gasteiger partial charge in [-0.2, -0.15) is 11.8 Å². The number of rotatable bonds is 3. The first-order valence-electron chi connectivity index (χ1n) is 5.79. The summed E-state index contributed by atoms with van der Waals surface area (Å²) in [6.07, 6.45) is 1.58. The predicted octanol–water partition coefficient (Wildman–Crippen LogP) is 2.47. The third-order valence-corrected chi connectivity index (χ3v) is 5.38. The molecule has 1 saturated heterocycles. The molecular weight excluding hydrogens is 250 g/mol. The smallest absolute Gasteiger partial charge is 0.0666 e. The second-order valence-electron chi connectivity index (χ2n) is 4.02. The van der Waals surface area contributed by atoms with Crippen LogP contribution in [0.5, 0.6) is 0 Å². The lowest BCUT2D eigenvalue weighted by molar-refractivity contribution is 0.127. The van der Waals surface area contributed by atoms with E-state index in [1.165, 1.54) is 11.3 Å². The normalized spacial score (nSPS) is 23.4. The van der Waals surface area contributed by atoms with Crippen molar-refractivity contribution in [2.45, 2.75) is 30.5 Å². The van der Waals surface area contributed by atoms with Gasteiger partial charge in [-0.1, -0.05) is 11.8 Å². The fourth-order valence-electron chi connectivity index (χ4n) is 1.80. The molecule has 0 bridgehead atoms. The Balaban J connectivity index is 1.84. The van der Waals surface area contributed by atoms with Crippen LogP contribution in [0.4, 0.5) is 0 Å². The summed E-state index contributed by atoms with van der Waals surface area (Å²) in [5, 5.41) is 2.75. The quantitative estimate of drug-likeness (QED) is 0.855. The number of thiophene rings is 1. The number of thioether (sulfide) groups is 1. The molecule has 0 saturated carbocycles. The highest BCUT2D eigenvalue weighted by Crippen LogP contribution is 2.30. The largest absolute Gasteiger partial charge is 0.377 e. The Kier molecular flexibility index (Phi) is 4.93. The lowest BCUT2D eigenvalue weighted by Crippen LogP contribution is -2.13. The molecule has 1 aliphatic heterocycles. The fourth-order valence-corrected chi connectivity index (χ4v) is 3.95. The van der Waals surface area contributed by atoms with Crippen molar-refractivity contribution >= 4 is 23.1 Å². The van der Waals surface area contributed by atoms with Crippen molar-refractivity contribution in [1.29, 1.82) is 0 Å². The Morgan fingerprint density at radius 1 is 1.65 bits per heavy atom. The molecule has 2 unspecified atom stereocenters. The molecule has 1 fully saturated rings. The molecule has 2 rings (SSSR count). The van der Waals surface area contributed by atoms with Gasteiger partial charge in [0.05, 0.1) is 12.6 Å². The van der Waals surface area contributed by atoms with Crippen LogP contribution in [-0.2, 0) is 10.5 Å². The lowest BCUT2D eigenvalue weighted by atomic mass is 10.3. The molecule has 4 heteroatoms. The Hall–Kier alpha value is -0.470. The van der Waals surface area contributed by atoms with E-state index in [0.717, 1.165) is 17.9 Å². The summed E-state index contributed by atoms with van der Waals surface area (Å²) < 4.78 is 5.56. The summed E-state index contributed by atoms with van der Waals surface area (Å²) in [6, 6.07) is 2.17. The standard InChI is InChI=1S/C13H17NOS2/c1-10-13(4-6-15-10)17-9-12-7-11(8-16-12)3-2-5-14/h7-8,10,13H,4-6,9,14H2,1H3. The third kappa shape index (κ3) is 3.75. The molecule has 92 valence electrons. The van der Waals surface area contributed by atoms with Crippen LogP contribution in [0.25, 0.3) is 0 Å². The van der Waals surface area contributed by atoms with E-state index < -0.39 is 0 Å². The molecule has 2 heterocycles. The summed E-state index contributed by atoms with van der Waals surface area (Å²) in [5.74, 6) is 7.01. The summed E-state index contributed by atoms with van der Waals surface area (Å²) in [7, 11) is 0. The van der Waals surface area contributed by atoms with Gasteiger partial charge in [-0.25, -0.2) is 0 Å². The molecule has 0 amide bonds. The average molecular weight is 267 g/mol. The Morgan fingerprint density at radius 2 is 2.53 bits per heavy atom. The van der Waals surface area contributed by atoms with Gasteiger partial charge in [-0.05, 0) is 19.4 Å². The van der Waals surface area contributed by atoms with Gasteiger partial charge in [-0.15, -0.1) is 11.3 Å². The first kappa shape index (κ1) is 13.0. The summed E-state index contributed by atoms with van der Waals surface area (Å²) in [5.41, 5.74) is 6.44. The molecule has 1 aromatic rings. The number of hydrogen-bond donors (Lipinski definition) is 1. The zero-order chi connectivity index (χ0) is 12.1. The van der Waals surface area contributed by atoms with E-state index >= 15 is 0 Å². The molecule has 0 aliphatic carbocycles. The average Bonchev–Trinajstić information content (AvgIpc) is 2.93. The minimum Gasteiger partial charge on any atom is -0.377 e. The molecular formula is C13H17NOS2. The van der Waals surface area contributed by atoms with Gasteiger partial charge in [0.25, 0.3) is 0 Å². The Labute approximate surface area is 111 Å². The Bertz CT molecular complexity index is 419. The van der Waals surface area contributed by atoms with Gasteiger partial charge < -0.3 is 10.5 Å². The molecule has 2 nitrogen and oxygen atoms in total. The van der Waals surface area contributed by atoms with Crippen molar-refractivity contribution in [2.24, 2.45) is 5.73 Å². The molecule has 1 aliphatic rings. The first-order valence-corrected chi connectivity index (χ1v) is 7.72. The van der Waals surface area contributed by atoms with Gasteiger partial charge in [0.2, 0.25) is 0 Å². The van der Waals surface area contributed by atoms with Crippen LogP contribution in [-0.4, -0.2) is 24.5 Å². The van der Waals surface area contributed by atoms with Crippen molar-refractivity contribution in [1.82, 2.24) is 0 Å². The van der Waals surface area contributed by atoms with Crippen LogP contribution in [0.2, 0.25) is 0 Å². The van der Waals surface area contributed by atoms with Crippen molar-refractivity contribution < 1.29 is 4.74 Å². The van der Waals surface area contributed by atoms with E-state index in [1.807, 2.05) is 11.8 Å². The second kappa shape index (κ2) is 6.46. The van der Waals surface area contributed by atoms with Crippen LogP contribution in [0.15, 0.2) is 11.4 Å². The van der Waals surface area contributed by atoms with E-state index in [9.17, 15) is 0 Å². The van der Waals surface area contributed by atoms with Crippen molar-refractivity contribution in [3.8, 4) is 11.8 Å². The van der Waals surface area contributed by atoms with Crippen LogP contribution in [0.1, 0.15) is 23.8 Å². The maximum atomic E-state index is 5.56. The summed E-state index contributed by atoms with van der Waals surface area (Å²) in [4.78, 5) is 1.38. The molecule has 2 N–H and O–H groups in total. The predicted molar refractivity (Wildman–Crippen MR) is 75.4 cm³/mol. The molecule has 17 heavy (non-hydrogen) atoms. The monoisotopic (exact) mass is 267 g/mol. The van der Waals surface area contributed by atoms with Gasteiger partial charge in [-0.3, -0.25) is 0 Å². The van der Waals surface area contributed by atoms with Gasteiger partial charge >= 0.3 is 0 Å². The van der Waals surface area contributed by atoms with Crippen LogP contribution >= 0.6 is 23.1 Å². The molecule has 0 aromatic carbocycles. The highest BCUT2D eigenvalue weighted by Gasteiger charge is 2.24. The highest BCUT2D eigenvalue weighted by atomic mass is 32.2. The second-order valence-corrected chi connectivity index (χ2v) is 6.24. The Morgan fingerprint density at radius 3 is 3.24 bits per heavy atom. The van der Waals surface area contributed by atoms with E-state index in [1.54, 1.807) is 11.3 Å². The van der Waals surface area contributed by atoms with Crippen LogP contribution in [0.3, 0.4) is 0 Å². The third-order valence-electron chi connectivity index (χ3n) is 2.73. The van der Waals surface area contributed by atoms with E-state index in [0.29, 0.717) is 17.9 Å². The number of ether oxygens (including phenoxy) is 1. The summed E-state index contributed by atoms with van der Waals surface area (Å²) in [6.45, 7) is 3.50. The molecule has 2 atom stereocenters. The highest BCUT2D eigenvalue weighted by molar-refractivity contribution is 7.99. The van der Waals surface area contributed by atoms with Crippen molar-refractivity contribution in [3.05, 3.63) is 21.9 Å². The fraction of sp³-hybridized carbons (Fsp3) is 0.538. The first-order chi connectivity index (χ1) is 8.29. The van der Waals surface area contributed by atoms with Crippen molar-refractivity contribution in [3.63, 3.8) is 0 Å². The number of nitrogens with two attached hydrogens (primary N) is 1. The van der Waals surface area contributed by atoms with Crippen LogP contribution in [0, 0.1) is 11.8 Å². The molecule has 0 spiro atoms. The topological polar surface area (TPSA) is 35.2 Å². The van der Waals surface area contributed by atoms with Gasteiger partial charge in [0.15, 0.2) is 0 Å². The van der Waals surface area contributed by atoms with Gasteiger partial charge in [0, 0.05) is 33.4 Å². The lowest BCUT2D eigenvalue weighted by Gasteiger charge is -2.12. The zero-order valence-electron chi connectivity index (χ0n) is 9.94. The van der Waals surface area contributed by atoms with Crippen molar-refractivity contribution in [2.75, 3.05) is 13.2 Å². The summed E-state index contributed by atoms with van der Waals surface area (Å²) >= 11 is 3.77. The van der Waals surface area contributed by atoms with E-state index in [-0.39, 0.29) is 0 Å². The molecule has 1 aromatic heterocycles. The van der Waals surface area contributed by atoms with Gasteiger partial charge in [0.1, 0.15) is 0 Å². The molecule has 0 radical (unpaired) electrons. The zero-order valence-corrected chi connectivity index (χ0v) is 11.6.